The predicted molar refractivity (Wildman–Crippen MR) is 77.7 cm³/mol. The summed E-state index contributed by atoms with van der Waals surface area (Å²) in [7, 11) is 0. The van der Waals surface area contributed by atoms with Crippen LogP contribution >= 0.6 is 0 Å². The lowest BCUT2D eigenvalue weighted by Gasteiger charge is -2.36. The first-order valence-electron chi connectivity index (χ1n) is 7.32. The SMILES string of the molecule is CC(NC1CCN(C(C)C)CC1)c1ccccc1F. The lowest BCUT2D eigenvalue weighted by atomic mass is 10.0. The molecule has 0 saturated carbocycles. The van der Waals surface area contributed by atoms with Gasteiger partial charge in [0, 0.05) is 23.7 Å². The lowest BCUT2D eigenvalue weighted by Crippen LogP contribution is -2.45. The van der Waals surface area contributed by atoms with E-state index in [2.05, 4.69) is 24.1 Å². The summed E-state index contributed by atoms with van der Waals surface area (Å²) in [6.45, 7) is 8.82. The van der Waals surface area contributed by atoms with E-state index in [1.165, 1.54) is 6.07 Å². The van der Waals surface area contributed by atoms with E-state index in [0.717, 1.165) is 31.5 Å². The van der Waals surface area contributed by atoms with Crippen LogP contribution in [0.5, 0.6) is 0 Å². The van der Waals surface area contributed by atoms with Crippen LogP contribution < -0.4 is 5.32 Å². The van der Waals surface area contributed by atoms with Gasteiger partial charge in [-0.05, 0) is 52.8 Å². The Balaban J connectivity index is 1.87. The van der Waals surface area contributed by atoms with Gasteiger partial charge in [-0.3, -0.25) is 0 Å². The molecule has 2 nitrogen and oxygen atoms in total. The lowest BCUT2D eigenvalue weighted by molar-refractivity contribution is 0.157. The monoisotopic (exact) mass is 264 g/mol. The van der Waals surface area contributed by atoms with Gasteiger partial charge in [-0.1, -0.05) is 18.2 Å². The summed E-state index contributed by atoms with van der Waals surface area (Å²) in [5.41, 5.74) is 0.772. The summed E-state index contributed by atoms with van der Waals surface area (Å²) in [5, 5.41) is 3.57. The average Bonchev–Trinajstić information content (AvgIpc) is 2.39. The van der Waals surface area contributed by atoms with Gasteiger partial charge in [0.1, 0.15) is 5.82 Å². The second-order valence-electron chi connectivity index (χ2n) is 5.81. The summed E-state index contributed by atoms with van der Waals surface area (Å²) in [4.78, 5) is 2.51. The van der Waals surface area contributed by atoms with Crippen LogP contribution in [0.1, 0.15) is 45.2 Å². The number of likely N-dealkylation sites (tertiary alicyclic amines) is 1. The van der Waals surface area contributed by atoms with E-state index < -0.39 is 0 Å². The van der Waals surface area contributed by atoms with Crippen LogP contribution in [0.25, 0.3) is 0 Å². The molecule has 1 saturated heterocycles. The van der Waals surface area contributed by atoms with Gasteiger partial charge in [-0.25, -0.2) is 4.39 Å². The molecule has 1 unspecified atom stereocenters. The Hall–Kier alpha value is -0.930. The molecule has 3 heteroatoms. The fourth-order valence-electron chi connectivity index (χ4n) is 2.85. The summed E-state index contributed by atoms with van der Waals surface area (Å²) in [5.74, 6) is -0.109. The highest BCUT2D eigenvalue weighted by atomic mass is 19.1. The molecule has 0 aliphatic carbocycles. The molecule has 1 N–H and O–H groups in total. The van der Waals surface area contributed by atoms with Crippen molar-refractivity contribution in [1.82, 2.24) is 10.2 Å². The van der Waals surface area contributed by atoms with Gasteiger partial charge < -0.3 is 10.2 Å². The Labute approximate surface area is 116 Å². The fourth-order valence-corrected chi connectivity index (χ4v) is 2.85. The number of piperidine rings is 1. The van der Waals surface area contributed by atoms with Crippen LogP contribution in [0.15, 0.2) is 24.3 Å². The predicted octanol–water partition coefficient (Wildman–Crippen LogP) is 3.35. The maximum Gasteiger partial charge on any atom is 0.127 e. The van der Waals surface area contributed by atoms with E-state index in [1.807, 2.05) is 19.1 Å². The quantitative estimate of drug-likeness (QED) is 0.897. The zero-order chi connectivity index (χ0) is 13.8. The average molecular weight is 264 g/mol. The van der Waals surface area contributed by atoms with Crippen molar-refractivity contribution < 1.29 is 4.39 Å². The summed E-state index contributed by atoms with van der Waals surface area (Å²) < 4.78 is 13.7. The largest absolute Gasteiger partial charge is 0.307 e. The summed E-state index contributed by atoms with van der Waals surface area (Å²) in [6, 6.07) is 8.27. The van der Waals surface area contributed by atoms with Crippen LogP contribution in [0.2, 0.25) is 0 Å². The van der Waals surface area contributed by atoms with Gasteiger partial charge in [0.05, 0.1) is 0 Å². The van der Waals surface area contributed by atoms with E-state index in [0.29, 0.717) is 12.1 Å². The molecule has 0 spiro atoms. The second-order valence-corrected chi connectivity index (χ2v) is 5.81. The maximum atomic E-state index is 13.7. The van der Waals surface area contributed by atoms with Crippen molar-refractivity contribution in [2.24, 2.45) is 0 Å². The van der Waals surface area contributed by atoms with Crippen LogP contribution in [-0.4, -0.2) is 30.1 Å². The first kappa shape index (κ1) is 14.5. The van der Waals surface area contributed by atoms with Crippen LogP contribution in [-0.2, 0) is 0 Å². The second kappa shape index (κ2) is 6.49. The molecule has 0 radical (unpaired) electrons. The number of hydrogen-bond donors (Lipinski definition) is 1. The summed E-state index contributed by atoms with van der Waals surface area (Å²) >= 11 is 0. The van der Waals surface area contributed by atoms with Crippen molar-refractivity contribution in [1.29, 1.82) is 0 Å². The fraction of sp³-hybridized carbons (Fsp3) is 0.625. The molecule has 0 bridgehead atoms. The van der Waals surface area contributed by atoms with E-state index in [1.54, 1.807) is 6.07 Å². The van der Waals surface area contributed by atoms with E-state index in [9.17, 15) is 4.39 Å². The molecule has 1 heterocycles. The maximum absolute atomic E-state index is 13.7. The van der Waals surface area contributed by atoms with Crippen molar-refractivity contribution in [3.63, 3.8) is 0 Å². The molecule has 1 aliphatic rings. The van der Waals surface area contributed by atoms with Crippen LogP contribution in [0, 0.1) is 5.82 Å². The third kappa shape index (κ3) is 3.77. The van der Waals surface area contributed by atoms with Gasteiger partial charge in [0.25, 0.3) is 0 Å². The van der Waals surface area contributed by atoms with Gasteiger partial charge in [0.15, 0.2) is 0 Å². The molecule has 106 valence electrons. The molecule has 1 atom stereocenters. The van der Waals surface area contributed by atoms with Crippen molar-refractivity contribution in [3.8, 4) is 0 Å². The zero-order valence-electron chi connectivity index (χ0n) is 12.2. The first-order valence-corrected chi connectivity index (χ1v) is 7.32. The minimum atomic E-state index is -0.109. The van der Waals surface area contributed by atoms with E-state index in [4.69, 9.17) is 0 Å². The number of halogens is 1. The Morgan fingerprint density at radius 1 is 1.16 bits per heavy atom. The molecule has 1 aliphatic heterocycles. The zero-order valence-corrected chi connectivity index (χ0v) is 12.2. The van der Waals surface area contributed by atoms with Gasteiger partial charge >= 0.3 is 0 Å². The summed E-state index contributed by atoms with van der Waals surface area (Å²) in [6.07, 6.45) is 2.30. The highest BCUT2D eigenvalue weighted by Crippen LogP contribution is 2.20. The number of rotatable bonds is 4. The molecule has 19 heavy (non-hydrogen) atoms. The van der Waals surface area contributed by atoms with Crippen molar-refractivity contribution in [2.75, 3.05) is 13.1 Å². The topological polar surface area (TPSA) is 15.3 Å². The minimum Gasteiger partial charge on any atom is -0.307 e. The third-order valence-electron chi connectivity index (χ3n) is 4.12. The smallest absolute Gasteiger partial charge is 0.127 e. The van der Waals surface area contributed by atoms with Crippen molar-refractivity contribution in [2.45, 2.75) is 51.7 Å². The van der Waals surface area contributed by atoms with E-state index in [-0.39, 0.29) is 11.9 Å². The molecule has 2 rings (SSSR count). The minimum absolute atomic E-state index is 0.0804. The first-order chi connectivity index (χ1) is 9.08. The Morgan fingerprint density at radius 3 is 2.37 bits per heavy atom. The van der Waals surface area contributed by atoms with Gasteiger partial charge in [0.2, 0.25) is 0 Å². The highest BCUT2D eigenvalue weighted by molar-refractivity contribution is 5.20. The molecule has 1 aromatic carbocycles. The molecular weight excluding hydrogens is 239 g/mol. The molecule has 0 aromatic heterocycles. The number of benzene rings is 1. The number of nitrogens with zero attached hydrogens (tertiary/aromatic N) is 1. The molecule has 1 aromatic rings. The Kier molecular flexibility index (Phi) is 4.94. The molecule has 0 amide bonds. The molecular formula is C16H25FN2. The molecule has 1 fully saturated rings. The van der Waals surface area contributed by atoms with Gasteiger partial charge in [-0.15, -0.1) is 0 Å². The van der Waals surface area contributed by atoms with E-state index >= 15 is 0 Å². The number of hydrogen-bond acceptors (Lipinski definition) is 2. The Bertz CT molecular complexity index is 397. The van der Waals surface area contributed by atoms with Crippen molar-refractivity contribution in [3.05, 3.63) is 35.6 Å². The van der Waals surface area contributed by atoms with Crippen LogP contribution in [0.3, 0.4) is 0 Å². The van der Waals surface area contributed by atoms with Crippen molar-refractivity contribution >= 4 is 0 Å². The standard InChI is InChI=1S/C16H25FN2/c1-12(2)19-10-8-14(9-11-19)18-13(3)15-6-4-5-7-16(15)17/h4-7,12-14,18H,8-11H2,1-3H3. The highest BCUT2D eigenvalue weighted by Gasteiger charge is 2.22. The number of nitrogens with one attached hydrogen (secondary N) is 1. The normalized spacial score (nSPS) is 19.8. The van der Waals surface area contributed by atoms with Crippen LogP contribution in [0.4, 0.5) is 4.39 Å². The Morgan fingerprint density at radius 2 is 1.79 bits per heavy atom. The van der Waals surface area contributed by atoms with Gasteiger partial charge in [-0.2, -0.15) is 0 Å². The third-order valence-corrected chi connectivity index (χ3v) is 4.12.